The summed E-state index contributed by atoms with van der Waals surface area (Å²) in [6.07, 6.45) is 1.85. The maximum Gasteiger partial charge on any atom is 0.163 e. The Labute approximate surface area is 117 Å². The van der Waals surface area contributed by atoms with Crippen LogP contribution < -0.4 is 4.74 Å². The summed E-state index contributed by atoms with van der Waals surface area (Å²) < 4.78 is 5.46. The van der Waals surface area contributed by atoms with Crippen molar-refractivity contribution in [2.75, 3.05) is 6.61 Å². The van der Waals surface area contributed by atoms with Crippen molar-refractivity contribution in [2.24, 2.45) is 0 Å². The number of nitrogens with zero attached hydrogens (tertiary/aromatic N) is 1. The highest BCUT2D eigenvalue weighted by atomic mass is 16.5. The molecule has 20 heavy (non-hydrogen) atoms. The molecule has 0 aliphatic rings. The van der Waals surface area contributed by atoms with E-state index < -0.39 is 0 Å². The summed E-state index contributed by atoms with van der Waals surface area (Å²) in [6, 6.07) is 4.68. The molecule has 5 heteroatoms. The molecule has 106 valence electrons. The molecule has 1 rings (SSSR count). The molecule has 0 heterocycles. The molecule has 5 nitrogen and oxygen atoms in total. The second-order valence-electron chi connectivity index (χ2n) is 4.44. The fourth-order valence-corrected chi connectivity index (χ4v) is 1.73. The number of carbonyl (C=O) groups is 2. The predicted molar refractivity (Wildman–Crippen MR) is 73.1 cm³/mol. The summed E-state index contributed by atoms with van der Waals surface area (Å²) in [5, 5.41) is 18.2. The second kappa shape index (κ2) is 7.29. The van der Waals surface area contributed by atoms with E-state index in [9.17, 15) is 14.7 Å². The van der Waals surface area contributed by atoms with Gasteiger partial charge >= 0.3 is 0 Å². The maximum atomic E-state index is 11.6. The Morgan fingerprint density at radius 3 is 2.40 bits per heavy atom. The van der Waals surface area contributed by atoms with Gasteiger partial charge in [0.2, 0.25) is 0 Å². The quantitative estimate of drug-likeness (QED) is 0.610. The number of rotatable bonds is 7. The number of phenols is 1. The Balaban J connectivity index is 2.90. The minimum atomic E-state index is -0.314. The topological polar surface area (TPSA) is 87.4 Å². The highest BCUT2D eigenvalue weighted by Gasteiger charge is 2.16. The van der Waals surface area contributed by atoms with Gasteiger partial charge in [-0.1, -0.05) is 0 Å². The molecule has 0 saturated heterocycles. The van der Waals surface area contributed by atoms with E-state index >= 15 is 0 Å². The van der Waals surface area contributed by atoms with Crippen molar-refractivity contribution in [3.05, 3.63) is 23.3 Å². The molecule has 1 aromatic carbocycles. The molecule has 0 aliphatic carbocycles. The fraction of sp³-hybridized carbons (Fsp3) is 0.400. The number of phenolic OH excluding ortho intramolecular Hbond substituents is 1. The Morgan fingerprint density at radius 2 is 1.85 bits per heavy atom. The highest BCUT2D eigenvalue weighted by molar-refractivity contribution is 6.03. The van der Waals surface area contributed by atoms with E-state index in [-0.39, 0.29) is 34.2 Å². The van der Waals surface area contributed by atoms with Crippen molar-refractivity contribution >= 4 is 11.6 Å². The molecular weight excluding hydrogens is 258 g/mol. The fourth-order valence-electron chi connectivity index (χ4n) is 1.73. The van der Waals surface area contributed by atoms with Gasteiger partial charge in [0.25, 0.3) is 0 Å². The molecule has 0 atom stereocenters. The summed E-state index contributed by atoms with van der Waals surface area (Å²) >= 11 is 0. The van der Waals surface area contributed by atoms with Crippen LogP contribution in [0.25, 0.3) is 0 Å². The molecular formula is C15H17NO4. The van der Waals surface area contributed by atoms with E-state index in [4.69, 9.17) is 10.00 Å². The van der Waals surface area contributed by atoms with E-state index in [1.807, 2.05) is 6.07 Å². The summed E-state index contributed by atoms with van der Waals surface area (Å²) in [5.41, 5.74) is 0.375. The average Bonchev–Trinajstić information content (AvgIpc) is 2.37. The van der Waals surface area contributed by atoms with Gasteiger partial charge in [-0.05, 0) is 32.8 Å². The van der Waals surface area contributed by atoms with Gasteiger partial charge in [-0.3, -0.25) is 9.59 Å². The summed E-state index contributed by atoms with van der Waals surface area (Å²) in [7, 11) is 0. The van der Waals surface area contributed by atoms with Crippen LogP contribution in [-0.2, 0) is 0 Å². The lowest BCUT2D eigenvalue weighted by atomic mass is 10.0. The van der Waals surface area contributed by atoms with Crippen LogP contribution in [0, 0.1) is 11.3 Å². The standard InChI is InChI=1S/C15H17NO4/c1-10(17)12-8-13(11(2)18)15(9-14(12)19)20-7-5-3-4-6-16/h8-9,19H,3-5,7H2,1-2H3. The minimum absolute atomic E-state index is 0.104. The molecule has 0 aromatic heterocycles. The van der Waals surface area contributed by atoms with Crippen molar-refractivity contribution in [2.45, 2.75) is 33.1 Å². The Kier molecular flexibility index (Phi) is 5.73. The van der Waals surface area contributed by atoms with Crippen LogP contribution >= 0.6 is 0 Å². The first-order chi connectivity index (χ1) is 9.47. The number of nitriles is 1. The van der Waals surface area contributed by atoms with Gasteiger partial charge in [-0.15, -0.1) is 0 Å². The highest BCUT2D eigenvalue weighted by Crippen LogP contribution is 2.29. The van der Waals surface area contributed by atoms with Crippen LogP contribution in [0.2, 0.25) is 0 Å². The molecule has 0 radical (unpaired) electrons. The first-order valence-electron chi connectivity index (χ1n) is 6.36. The van der Waals surface area contributed by atoms with Gasteiger partial charge in [0, 0.05) is 12.5 Å². The van der Waals surface area contributed by atoms with Crippen molar-refractivity contribution in [1.82, 2.24) is 0 Å². The third kappa shape index (κ3) is 4.09. The van der Waals surface area contributed by atoms with E-state index in [1.54, 1.807) is 0 Å². The molecule has 0 bridgehead atoms. The lowest BCUT2D eigenvalue weighted by molar-refractivity contribution is 0.101. The summed E-state index contributed by atoms with van der Waals surface area (Å²) in [6.45, 7) is 3.04. The van der Waals surface area contributed by atoms with Gasteiger partial charge < -0.3 is 9.84 Å². The number of aromatic hydroxyl groups is 1. The molecule has 0 aliphatic heterocycles. The molecule has 0 saturated carbocycles. The van der Waals surface area contributed by atoms with Crippen LogP contribution in [0.5, 0.6) is 11.5 Å². The maximum absolute atomic E-state index is 11.6. The van der Waals surface area contributed by atoms with Gasteiger partial charge in [-0.25, -0.2) is 0 Å². The van der Waals surface area contributed by atoms with E-state index in [2.05, 4.69) is 0 Å². The zero-order valence-corrected chi connectivity index (χ0v) is 11.6. The molecule has 1 N–H and O–H groups in total. The lowest BCUT2D eigenvalue weighted by Crippen LogP contribution is -2.05. The number of benzene rings is 1. The van der Waals surface area contributed by atoms with Crippen molar-refractivity contribution in [3.8, 4) is 17.6 Å². The van der Waals surface area contributed by atoms with Crippen LogP contribution in [0.1, 0.15) is 53.8 Å². The molecule has 0 unspecified atom stereocenters. The van der Waals surface area contributed by atoms with Gasteiger partial charge in [0.05, 0.1) is 23.8 Å². The molecule has 0 amide bonds. The first kappa shape index (κ1) is 15.7. The number of ether oxygens (including phenoxy) is 1. The van der Waals surface area contributed by atoms with E-state index in [0.29, 0.717) is 25.9 Å². The smallest absolute Gasteiger partial charge is 0.163 e. The number of hydrogen-bond donors (Lipinski definition) is 1. The molecule has 1 aromatic rings. The lowest BCUT2D eigenvalue weighted by Gasteiger charge is -2.12. The van der Waals surface area contributed by atoms with E-state index in [1.165, 1.54) is 26.0 Å². The predicted octanol–water partition coefficient (Wildman–Crippen LogP) is 2.87. The van der Waals surface area contributed by atoms with Crippen LogP contribution in [0.15, 0.2) is 12.1 Å². The van der Waals surface area contributed by atoms with Crippen molar-refractivity contribution in [3.63, 3.8) is 0 Å². The summed E-state index contributed by atoms with van der Waals surface area (Å²) in [4.78, 5) is 22.9. The third-order valence-corrected chi connectivity index (χ3v) is 2.80. The number of Topliss-reactive ketones (excluding diaryl/α,β-unsaturated/α-hetero) is 2. The van der Waals surface area contributed by atoms with Crippen molar-refractivity contribution in [1.29, 1.82) is 5.26 Å². The number of unbranched alkanes of at least 4 members (excludes halogenated alkanes) is 2. The molecule has 0 fully saturated rings. The summed E-state index contributed by atoms with van der Waals surface area (Å²) in [5.74, 6) is -0.489. The normalized spacial score (nSPS) is 9.85. The third-order valence-electron chi connectivity index (χ3n) is 2.80. The monoisotopic (exact) mass is 275 g/mol. The minimum Gasteiger partial charge on any atom is -0.507 e. The van der Waals surface area contributed by atoms with E-state index in [0.717, 1.165) is 0 Å². The van der Waals surface area contributed by atoms with Gasteiger partial charge in [0.15, 0.2) is 11.6 Å². The van der Waals surface area contributed by atoms with Gasteiger partial charge in [-0.2, -0.15) is 5.26 Å². The number of ketones is 2. The van der Waals surface area contributed by atoms with Crippen LogP contribution in [0.3, 0.4) is 0 Å². The Bertz CT molecular complexity index is 558. The number of hydrogen-bond acceptors (Lipinski definition) is 5. The first-order valence-corrected chi connectivity index (χ1v) is 6.36. The molecule has 0 spiro atoms. The van der Waals surface area contributed by atoms with Crippen molar-refractivity contribution < 1.29 is 19.4 Å². The Morgan fingerprint density at radius 1 is 1.20 bits per heavy atom. The SMILES string of the molecule is CC(=O)c1cc(C(C)=O)c(OCCCCC#N)cc1O. The van der Waals surface area contributed by atoms with Crippen LogP contribution in [0.4, 0.5) is 0 Å². The largest absolute Gasteiger partial charge is 0.507 e. The zero-order valence-electron chi connectivity index (χ0n) is 11.6. The number of carbonyl (C=O) groups excluding carboxylic acids is 2. The second-order valence-corrected chi connectivity index (χ2v) is 4.44. The van der Waals surface area contributed by atoms with Gasteiger partial charge in [0.1, 0.15) is 11.5 Å². The zero-order chi connectivity index (χ0) is 15.1. The average molecular weight is 275 g/mol. The Hall–Kier alpha value is -2.35. The van der Waals surface area contributed by atoms with Crippen LogP contribution in [-0.4, -0.2) is 23.3 Å².